The number of hydrogen-bond acceptors (Lipinski definition) is 3. The molecule has 1 N–H and O–H groups in total. The van der Waals surface area contributed by atoms with Crippen molar-refractivity contribution in [3.05, 3.63) is 70.8 Å². The molecule has 5 nitrogen and oxygen atoms in total. The molecule has 1 saturated heterocycles. The van der Waals surface area contributed by atoms with Gasteiger partial charge >= 0.3 is 0 Å². The molecule has 2 aromatic rings. The summed E-state index contributed by atoms with van der Waals surface area (Å²) >= 11 is 0. The summed E-state index contributed by atoms with van der Waals surface area (Å²) < 4.78 is 5.26. The number of piperidine rings is 1. The number of likely N-dealkylation sites (tertiary alicyclic amines) is 1. The van der Waals surface area contributed by atoms with E-state index in [1.807, 2.05) is 67.3 Å². The number of carbonyl (C=O) groups is 2. The van der Waals surface area contributed by atoms with Crippen LogP contribution in [0.2, 0.25) is 0 Å². The fourth-order valence-electron chi connectivity index (χ4n) is 4.12. The quantitative estimate of drug-likeness (QED) is 0.778. The van der Waals surface area contributed by atoms with Crippen LogP contribution in [0.1, 0.15) is 48.1 Å². The summed E-state index contributed by atoms with van der Waals surface area (Å²) in [5, 5.41) is 3.11. The molecule has 0 bridgehead atoms. The lowest BCUT2D eigenvalue weighted by molar-refractivity contribution is -0.143. The molecule has 1 aliphatic rings. The van der Waals surface area contributed by atoms with Gasteiger partial charge in [0.1, 0.15) is 0 Å². The lowest BCUT2D eigenvalue weighted by Gasteiger charge is -2.40. The summed E-state index contributed by atoms with van der Waals surface area (Å²) in [4.78, 5) is 27.5. The van der Waals surface area contributed by atoms with Gasteiger partial charge in [-0.1, -0.05) is 54.1 Å². The number of nitrogens with zero attached hydrogens (tertiary/aromatic N) is 1. The topological polar surface area (TPSA) is 58.6 Å². The number of carbonyl (C=O) groups excluding carboxylic acids is 2. The van der Waals surface area contributed by atoms with E-state index in [4.69, 9.17) is 4.74 Å². The van der Waals surface area contributed by atoms with Crippen LogP contribution >= 0.6 is 0 Å². The Balaban J connectivity index is 1.80. The maximum Gasteiger partial charge on any atom is 0.225 e. The van der Waals surface area contributed by atoms with Gasteiger partial charge in [0.25, 0.3) is 0 Å². The minimum absolute atomic E-state index is 0.00579. The maximum absolute atomic E-state index is 13.2. The van der Waals surface area contributed by atoms with Gasteiger partial charge in [0, 0.05) is 26.6 Å². The van der Waals surface area contributed by atoms with Crippen molar-refractivity contribution < 1.29 is 14.3 Å². The highest BCUT2D eigenvalue weighted by Crippen LogP contribution is 2.37. The fourth-order valence-corrected chi connectivity index (χ4v) is 4.12. The first-order valence-electron chi connectivity index (χ1n) is 10.2. The summed E-state index contributed by atoms with van der Waals surface area (Å²) in [6, 6.07) is 15.9. The number of benzene rings is 2. The van der Waals surface area contributed by atoms with Crippen LogP contribution in [0, 0.1) is 12.8 Å². The van der Waals surface area contributed by atoms with E-state index in [2.05, 4.69) is 5.32 Å². The third kappa shape index (κ3) is 4.85. The number of aryl methyl sites for hydroxylation is 1. The molecular weight excluding hydrogens is 364 g/mol. The molecule has 1 aliphatic heterocycles. The van der Waals surface area contributed by atoms with Gasteiger partial charge in [0.05, 0.1) is 18.6 Å². The van der Waals surface area contributed by atoms with Crippen molar-refractivity contribution in [3.63, 3.8) is 0 Å². The smallest absolute Gasteiger partial charge is 0.225 e. The first-order chi connectivity index (χ1) is 14.0. The van der Waals surface area contributed by atoms with Gasteiger partial charge in [-0.05, 0) is 37.0 Å². The molecule has 0 radical (unpaired) electrons. The standard InChI is InChI=1S/C24H30N2O3/c1-4-26-22(27)14-13-21(23(26)18-11-9-17(2)10-12-18)24(28)25-15-19-7-5-6-8-20(19)16-29-3/h5-12,21,23H,4,13-16H2,1-3H3,(H,25,28)/t21-,23+/m1/s1. The molecule has 1 heterocycles. The molecule has 154 valence electrons. The first kappa shape index (κ1) is 21.1. The van der Waals surface area contributed by atoms with Gasteiger partial charge in [-0.15, -0.1) is 0 Å². The minimum Gasteiger partial charge on any atom is -0.380 e. The SMILES string of the molecule is CCN1C(=O)CC[C@@H](C(=O)NCc2ccccc2COC)[C@@H]1c1ccc(C)cc1. The van der Waals surface area contributed by atoms with Crippen LogP contribution < -0.4 is 5.32 Å². The molecule has 0 aliphatic carbocycles. The van der Waals surface area contributed by atoms with Crippen LogP contribution in [-0.4, -0.2) is 30.4 Å². The maximum atomic E-state index is 13.2. The molecule has 0 spiro atoms. The van der Waals surface area contributed by atoms with Crippen LogP contribution in [-0.2, 0) is 27.5 Å². The Bertz CT molecular complexity index is 847. The van der Waals surface area contributed by atoms with E-state index in [0.29, 0.717) is 32.5 Å². The molecule has 0 saturated carbocycles. The molecule has 2 aromatic carbocycles. The highest BCUT2D eigenvalue weighted by atomic mass is 16.5. The van der Waals surface area contributed by atoms with Crippen molar-refractivity contribution in [2.45, 2.75) is 45.9 Å². The zero-order chi connectivity index (χ0) is 20.8. The van der Waals surface area contributed by atoms with Crippen molar-refractivity contribution in [1.29, 1.82) is 0 Å². The molecular formula is C24H30N2O3. The van der Waals surface area contributed by atoms with Crippen molar-refractivity contribution in [2.75, 3.05) is 13.7 Å². The highest BCUT2D eigenvalue weighted by molar-refractivity contribution is 5.85. The Hall–Kier alpha value is -2.66. The summed E-state index contributed by atoms with van der Waals surface area (Å²) in [5.41, 5.74) is 4.30. The van der Waals surface area contributed by atoms with Crippen molar-refractivity contribution in [3.8, 4) is 0 Å². The predicted molar refractivity (Wildman–Crippen MR) is 113 cm³/mol. The highest BCUT2D eigenvalue weighted by Gasteiger charge is 2.39. The Morgan fingerprint density at radius 3 is 2.48 bits per heavy atom. The largest absolute Gasteiger partial charge is 0.380 e. The Morgan fingerprint density at radius 1 is 1.14 bits per heavy atom. The molecule has 5 heteroatoms. The van der Waals surface area contributed by atoms with Crippen LogP contribution in [0.3, 0.4) is 0 Å². The van der Waals surface area contributed by atoms with Crippen LogP contribution in [0.4, 0.5) is 0 Å². The van der Waals surface area contributed by atoms with Crippen molar-refractivity contribution in [1.82, 2.24) is 10.2 Å². The van der Waals surface area contributed by atoms with E-state index >= 15 is 0 Å². The van der Waals surface area contributed by atoms with Crippen molar-refractivity contribution in [2.24, 2.45) is 5.92 Å². The van der Waals surface area contributed by atoms with Crippen molar-refractivity contribution >= 4 is 11.8 Å². The lowest BCUT2D eigenvalue weighted by atomic mass is 9.83. The second-order valence-corrected chi connectivity index (χ2v) is 7.60. The first-order valence-corrected chi connectivity index (χ1v) is 10.2. The third-order valence-corrected chi connectivity index (χ3v) is 5.67. The summed E-state index contributed by atoms with van der Waals surface area (Å²) in [5.74, 6) is -0.147. The molecule has 2 amide bonds. The number of nitrogens with one attached hydrogen (secondary N) is 1. The van der Waals surface area contributed by atoms with Gasteiger partial charge < -0.3 is 15.0 Å². The minimum atomic E-state index is -0.259. The number of methoxy groups -OCH3 is 1. The fraction of sp³-hybridized carbons (Fsp3) is 0.417. The predicted octanol–water partition coefficient (Wildman–Crippen LogP) is 3.76. The Kier molecular flexibility index (Phi) is 7.04. The molecule has 29 heavy (non-hydrogen) atoms. The van der Waals surface area contributed by atoms with E-state index in [0.717, 1.165) is 22.3 Å². The van der Waals surface area contributed by atoms with Crippen LogP contribution in [0.25, 0.3) is 0 Å². The van der Waals surface area contributed by atoms with Gasteiger partial charge in [-0.3, -0.25) is 9.59 Å². The van der Waals surface area contributed by atoms with Gasteiger partial charge in [-0.2, -0.15) is 0 Å². The zero-order valence-electron chi connectivity index (χ0n) is 17.5. The van der Waals surface area contributed by atoms with E-state index in [1.165, 1.54) is 0 Å². The molecule has 1 fully saturated rings. The van der Waals surface area contributed by atoms with E-state index in [1.54, 1.807) is 7.11 Å². The summed E-state index contributed by atoms with van der Waals surface area (Å²) in [7, 11) is 1.67. The van der Waals surface area contributed by atoms with Crippen LogP contribution in [0.5, 0.6) is 0 Å². The number of amides is 2. The van der Waals surface area contributed by atoms with Crippen LogP contribution in [0.15, 0.2) is 48.5 Å². The number of ether oxygens (including phenoxy) is 1. The summed E-state index contributed by atoms with van der Waals surface area (Å²) in [6.07, 6.45) is 0.980. The molecule has 3 rings (SSSR count). The Labute approximate surface area is 173 Å². The van der Waals surface area contributed by atoms with Gasteiger partial charge in [0.15, 0.2) is 0 Å². The zero-order valence-corrected chi connectivity index (χ0v) is 17.5. The van der Waals surface area contributed by atoms with Gasteiger partial charge in [0.2, 0.25) is 11.8 Å². The molecule has 0 aromatic heterocycles. The third-order valence-electron chi connectivity index (χ3n) is 5.67. The average Bonchev–Trinajstić information content (AvgIpc) is 2.73. The molecule has 2 atom stereocenters. The van der Waals surface area contributed by atoms with E-state index in [-0.39, 0.29) is 23.8 Å². The van der Waals surface area contributed by atoms with E-state index in [9.17, 15) is 9.59 Å². The molecule has 0 unspecified atom stereocenters. The normalized spacial score (nSPS) is 19.3. The average molecular weight is 395 g/mol. The van der Waals surface area contributed by atoms with E-state index < -0.39 is 0 Å². The lowest BCUT2D eigenvalue weighted by Crippen LogP contribution is -2.47. The number of hydrogen-bond donors (Lipinski definition) is 1. The van der Waals surface area contributed by atoms with Gasteiger partial charge in [-0.25, -0.2) is 0 Å². The number of rotatable bonds is 7. The monoisotopic (exact) mass is 394 g/mol. The summed E-state index contributed by atoms with van der Waals surface area (Å²) in [6.45, 7) is 5.57. The second-order valence-electron chi connectivity index (χ2n) is 7.60. The second kappa shape index (κ2) is 9.70. The Morgan fingerprint density at radius 2 is 1.83 bits per heavy atom.